The predicted molar refractivity (Wildman–Crippen MR) is 84.0 cm³/mol. The predicted octanol–water partition coefficient (Wildman–Crippen LogP) is 5.29. The second-order valence-electron chi connectivity index (χ2n) is 7.59. The first-order valence-electron chi connectivity index (χ1n) is 8.09. The fourth-order valence-electron chi connectivity index (χ4n) is 4.92. The highest BCUT2D eigenvalue weighted by molar-refractivity contribution is 7.80. The van der Waals surface area contributed by atoms with E-state index >= 15 is 0 Å². The van der Waals surface area contributed by atoms with E-state index < -0.39 is 0 Å². The van der Waals surface area contributed by atoms with E-state index in [0.29, 0.717) is 5.25 Å². The number of hydrogen-bond acceptors (Lipinski definition) is 1. The minimum Gasteiger partial charge on any atom is -0.176 e. The first-order valence-corrected chi connectivity index (χ1v) is 8.61. The van der Waals surface area contributed by atoms with E-state index in [-0.39, 0.29) is 0 Å². The summed E-state index contributed by atoms with van der Waals surface area (Å²) in [4.78, 5) is 0. The molecule has 8 unspecified atom stereocenters. The van der Waals surface area contributed by atoms with Crippen LogP contribution in [0.3, 0.4) is 0 Å². The van der Waals surface area contributed by atoms with Crippen molar-refractivity contribution in [3.8, 4) is 0 Å². The van der Waals surface area contributed by atoms with E-state index in [1.54, 1.807) is 0 Å². The van der Waals surface area contributed by atoms with Crippen molar-refractivity contribution >= 4 is 12.6 Å². The molecule has 0 nitrogen and oxygen atoms in total. The lowest BCUT2D eigenvalue weighted by Crippen LogP contribution is -2.45. The zero-order valence-electron chi connectivity index (χ0n) is 12.9. The lowest BCUT2D eigenvalue weighted by Gasteiger charge is -2.50. The van der Waals surface area contributed by atoms with E-state index in [0.717, 1.165) is 41.4 Å². The minimum atomic E-state index is 0.580. The van der Waals surface area contributed by atoms with E-state index in [9.17, 15) is 0 Å². The lowest BCUT2D eigenvalue weighted by atomic mass is 9.57. The van der Waals surface area contributed by atoms with Crippen molar-refractivity contribution in [3.05, 3.63) is 0 Å². The largest absolute Gasteiger partial charge is 0.176 e. The Morgan fingerprint density at radius 3 is 2.06 bits per heavy atom. The van der Waals surface area contributed by atoms with Crippen LogP contribution < -0.4 is 0 Å². The Hall–Kier alpha value is 0.350. The third-order valence-corrected chi connectivity index (χ3v) is 6.68. The smallest absolute Gasteiger partial charge is 0.00220 e. The average Bonchev–Trinajstić information content (AvgIpc) is 2.69. The van der Waals surface area contributed by atoms with Gasteiger partial charge in [0.15, 0.2) is 0 Å². The highest BCUT2D eigenvalue weighted by Gasteiger charge is 2.45. The standard InChI is InChI=1S/C17H32S/c1-10-6-7-15(8-10)12(3)13(4)16-9-11(2)17(16)14(5)18/h10-18H,6-9H2,1-5H3. The number of thiol groups is 1. The fraction of sp³-hybridized carbons (Fsp3) is 1.00. The van der Waals surface area contributed by atoms with E-state index in [1.165, 1.54) is 25.7 Å². The Morgan fingerprint density at radius 1 is 0.944 bits per heavy atom. The van der Waals surface area contributed by atoms with Crippen molar-refractivity contribution in [1.29, 1.82) is 0 Å². The summed E-state index contributed by atoms with van der Waals surface area (Å²) in [6, 6.07) is 0. The molecule has 2 aliphatic carbocycles. The van der Waals surface area contributed by atoms with Gasteiger partial charge in [0.25, 0.3) is 0 Å². The van der Waals surface area contributed by atoms with Crippen LogP contribution in [-0.2, 0) is 0 Å². The first kappa shape index (κ1) is 14.8. The van der Waals surface area contributed by atoms with Crippen molar-refractivity contribution < 1.29 is 0 Å². The molecule has 1 heteroatoms. The first-order chi connectivity index (χ1) is 8.41. The van der Waals surface area contributed by atoms with Crippen LogP contribution in [-0.4, -0.2) is 5.25 Å². The van der Waals surface area contributed by atoms with Gasteiger partial charge in [0, 0.05) is 5.25 Å². The molecule has 0 aromatic heterocycles. The van der Waals surface area contributed by atoms with E-state index in [4.69, 9.17) is 12.6 Å². The molecule has 106 valence electrons. The van der Waals surface area contributed by atoms with Gasteiger partial charge in [0.05, 0.1) is 0 Å². The van der Waals surface area contributed by atoms with Crippen molar-refractivity contribution in [3.63, 3.8) is 0 Å². The maximum atomic E-state index is 4.73. The van der Waals surface area contributed by atoms with Gasteiger partial charge in [-0.3, -0.25) is 0 Å². The van der Waals surface area contributed by atoms with Crippen molar-refractivity contribution in [2.45, 2.75) is 65.6 Å². The maximum absolute atomic E-state index is 4.73. The Labute approximate surface area is 120 Å². The third-order valence-electron chi connectivity index (χ3n) is 6.34. The van der Waals surface area contributed by atoms with Gasteiger partial charge in [0.1, 0.15) is 0 Å². The monoisotopic (exact) mass is 268 g/mol. The second-order valence-corrected chi connectivity index (χ2v) is 8.41. The van der Waals surface area contributed by atoms with Crippen LogP contribution in [0.1, 0.15) is 60.3 Å². The van der Waals surface area contributed by atoms with Crippen molar-refractivity contribution in [1.82, 2.24) is 0 Å². The zero-order valence-corrected chi connectivity index (χ0v) is 13.8. The maximum Gasteiger partial charge on any atom is 0.00220 e. The normalized spacial score (nSPS) is 45.3. The zero-order chi connectivity index (χ0) is 13.4. The molecule has 0 spiro atoms. The molecule has 0 aromatic rings. The molecule has 0 radical (unpaired) electrons. The van der Waals surface area contributed by atoms with Crippen molar-refractivity contribution in [2.24, 2.45) is 41.4 Å². The van der Waals surface area contributed by atoms with Crippen LogP contribution in [0.15, 0.2) is 0 Å². The molecule has 2 aliphatic rings. The quantitative estimate of drug-likeness (QED) is 0.658. The van der Waals surface area contributed by atoms with Crippen LogP contribution in [0, 0.1) is 41.4 Å². The molecule has 0 N–H and O–H groups in total. The van der Waals surface area contributed by atoms with E-state index in [1.807, 2.05) is 0 Å². The van der Waals surface area contributed by atoms with Gasteiger partial charge >= 0.3 is 0 Å². The van der Waals surface area contributed by atoms with Crippen LogP contribution in [0.4, 0.5) is 0 Å². The summed E-state index contributed by atoms with van der Waals surface area (Å²) >= 11 is 4.73. The molecule has 0 amide bonds. The third kappa shape index (κ3) is 2.76. The molecule has 0 saturated heterocycles. The van der Waals surface area contributed by atoms with Gasteiger partial charge < -0.3 is 0 Å². The Balaban J connectivity index is 1.93. The summed E-state index contributed by atoms with van der Waals surface area (Å²) in [7, 11) is 0. The molecule has 0 bridgehead atoms. The second kappa shape index (κ2) is 5.77. The molecule has 0 aromatic carbocycles. The molecular formula is C17H32S. The Morgan fingerprint density at radius 2 is 1.61 bits per heavy atom. The Bertz CT molecular complexity index is 268. The molecule has 2 rings (SSSR count). The van der Waals surface area contributed by atoms with Crippen LogP contribution >= 0.6 is 12.6 Å². The molecule has 2 fully saturated rings. The van der Waals surface area contributed by atoms with Gasteiger partial charge in [-0.05, 0) is 60.7 Å². The highest BCUT2D eigenvalue weighted by Crippen LogP contribution is 2.51. The topological polar surface area (TPSA) is 0 Å². The fourth-order valence-corrected chi connectivity index (χ4v) is 5.43. The highest BCUT2D eigenvalue weighted by atomic mass is 32.1. The summed E-state index contributed by atoms with van der Waals surface area (Å²) in [5, 5.41) is 0.580. The molecule has 8 atom stereocenters. The number of rotatable bonds is 4. The summed E-state index contributed by atoms with van der Waals surface area (Å²) in [5.41, 5.74) is 0. The lowest BCUT2D eigenvalue weighted by molar-refractivity contribution is 0.00951. The Kier molecular flexibility index (Phi) is 4.73. The summed E-state index contributed by atoms with van der Waals surface area (Å²) < 4.78 is 0. The van der Waals surface area contributed by atoms with Gasteiger partial charge in [-0.25, -0.2) is 0 Å². The summed E-state index contributed by atoms with van der Waals surface area (Å²) in [6.07, 6.45) is 5.88. The SMILES string of the molecule is CC1CCC(C(C)C(C)C2CC(C)C2C(C)S)C1. The number of hydrogen-bond donors (Lipinski definition) is 1. The van der Waals surface area contributed by atoms with Crippen LogP contribution in [0.2, 0.25) is 0 Å². The minimum absolute atomic E-state index is 0.580. The average molecular weight is 269 g/mol. The summed E-state index contributed by atoms with van der Waals surface area (Å²) in [6.45, 7) is 12.2. The van der Waals surface area contributed by atoms with Crippen LogP contribution in [0.5, 0.6) is 0 Å². The van der Waals surface area contributed by atoms with Crippen LogP contribution in [0.25, 0.3) is 0 Å². The van der Waals surface area contributed by atoms with E-state index in [2.05, 4.69) is 34.6 Å². The molecule has 0 aliphatic heterocycles. The summed E-state index contributed by atoms with van der Waals surface area (Å²) in [5.74, 6) is 6.51. The molecular weight excluding hydrogens is 236 g/mol. The van der Waals surface area contributed by atoms with Gasteiger partial charge in [-0.15, -0.1) is 0 Å². The van der Waals surface area contributed by atoms with Gasteiger partial charge in [-0.2, -0.15) is 12.6 Å². The molecule has 18 heavy (non-hydrogen) atoms. The van der Waals surface area contributed by atoms with Gasteiger partial charge in [-0.1, -0.05) is 41.0 Å². The molecule has 0 heterocycles. The van der Waals surface area contributed by atoms with Crippen molar-refractivity contribution in [2.75, 3.05) is 0 Å². The van der Waals surface area contributed by atoms with Gasteiger partial charge in [0.2, 0.25) is 0 Å². The molecule has 2 saturated carbocycles.